The van der Waals surface area contributed by atoms with Crippen LogP contribution in [0.4, 0.5) is 0 Å². The summed E-state index contributed by atoms with van der Waals surface area (Å²) in [5.74, 6) is -0.296. The van der Waals surface area contributed by atoms with Crippen LogP contribution in [0, 0.1) is 0 Å². The lowest BCUT2D eigenvalue weighted by Crippen LogP contribution is -2.06. The molecule has 0 aromatic heterocycles. The van der Waals surface area contributed by atoms with Gasteiger partial charge in [-0.1, -0.05) is 19.2 Å². The van der Waals surface area contributed by atoms with Gasteiger partial charge >= 0.3 is 5.97 Å². The standard InChI is InChI=1S/C7H12O2Si/c1-3-4-9-7(8)6(2)5-10/h3H,1-2,4-5H2,10H3. The van der Waals surface area contributed by atoms with Gasteiger partial charge < -0.3 is 4.74 Å². The summed E-state index contributed by atoms with van der Waals surface area (Å²) in [6.07, 6.45) is 1.54. The van der Waals surface area contributed by atoms with E-state index in [1.54, 1.807) is 0 Å². The lowest BCUT2D eigenvalue weighted by molar-refractivity contribution is -0.137. The van der Waals surface area contributed by atoms with Gasteiger partial charge in [0.15, 0.2) is 0 Å². The van der Waals surface area contributed by atoms with Gasteiger partial charge in [0, 0.05) is 15.8 Å². The average Bonchev–Trinajstić information content (AvgIpc) is 1.98. The maximum atomic E-state index is 10.8. The zero-order valence-electron chi connectivity index (χ0n) is 6.22. The van der Waals surface area contributed by atoms with Crippen LogP contribution in [-0.4, -0.2) is 22.8 Å². The maximum Gasteiger partial charge on any atom is 0.333 e. The topological polar surface area (TPSA) is 26.3 Å². The van der Waals surface area contributed by atoms with Crippen LogP contribution in [0.3, 0.4) is 0 Å². The molecule has 3 heteroatoms. The van der Waals surface area contributed by atoms with Crippen molar-refractivity contribution in [3.8, 4) is 0 Å². The van der Waals surface area contributed by atoms with E-state index < -0.39 is 0 Å². The molecule has 0 unspecified atom stereocenters. The molecule has 0 saturated heterocycles. The molecule has 0 rings (SSSR count). The third kappa shape index (κ3) is 3.24. The minimum atomic E-state index is -0.296. The summed E-state index contributed by atoms with van der Waals surface area (Å²) in [4.78, 5) is 10.8. The molecule has 0 amide bonds. The third-order valence-electron chi connectivity index (χ3n) is 1.05. The Bertz CT molecular complexity index is 152. The lowest BCUT2D eigenvalue weighted by atomic mass is 10.4. The average molecular weight is 156 g/mol. The largest absolute Gasteiger partial charge is 0.458 e. The van der Waals surface area contributed by atoms with Gasteiger partial charge in [-0.2, -0.15) is 0 Å². The Labute approximate surface area is 64.0 Å². The summed E-state index contributed by atoms with van der Waals surface area (Å²) in [6.45, 7) is 7.25. The highest BCUT2D eigenvalue weighted by Gasteiger charge is 2.03. The van der Waals surface area contributed by atoms with Crippen molar-refractivity contribution >= 4 is 16.2 Å². The first-order valence-corrected chi connectivity index (χ1v) is 4.59. The van der Waals surface area contributed by atoms with Gasteiger partial charge in [-0.25, -0.2) is 4.79 Å². The number of rotatable bonds is 4. The molecule has 0 aliphatic heterocycles. The van der Waals surface area contributed by atoms with E-state index in [0.717, 1.165) is 16.3 Å². The van der Waals surface area contributed by atoms with E-state index in [2.05, 4.69) is 13.2 Å². The molecular weight excluding hydrogens is 144 g/mol. The summed E-state index contributed by atoms with van der Waals surface area (Å²) in [7, 11) is 0.953. The van der Waals surface area contributed by atoms with E-state index in [1.807, 2.05) is 0 Å². The molecule has 0 aromatic rings. The van der Waals surface area contributed by atoms with Crippen molar-refractivity contribution in [3.05, 3.63) is 24.8 Å². The molecule has 0 radical (unpaired) electrons. The second-order valence-electron chi connectivity index (χ2n) is 1.84. The molecule has 0 aliphatic rings. The molecule has 0 spiro atoms. The Morgan fingerprint density at radius 2 is 2.30 bits per heavy atom. The van der Waals surface area contributed by atoms with Crippen LogP contribution >= 0.6 is 0 Å². The molecule has 0 bridgehead atoms. The van der Waals surface area contributed by atoms with Crippen LogP contribution in [0.5, 0.6) is 0 Å². The second kappa shape index (κ2) is 4.99. The number of hydrogen-bond acceptors (Lipinski definition) is 2. The Morgan fingerprint density at radius 1 is 1.70 bits per heavy atom. The number of carbonyl (C=O) groups excluding carboxylic acids is 1. The minimum Gasteiger partial charge on any atom is -0.458 e. The predicted molar refractivity (Wildman–Crippen MR) is 45.0 cm³/mol. The first-order valence-electron chi connectivity index (χ1n) is 3.18. The van der Waals surface area contributed by atoms with E-state index in [0.29, 0.717) is 5.57 Å². The van der Waals surface area contributed by atoms with Crippen molar-refractivity contribution in [2.24, 2.45) is 0 Å². The van der Waals surface area contributed by atoms with Crippen molar-refractivity contribution < 1.29 is 9.53 Å². The van der Waals surface area contributed by atoms with Gasteiger partial charge in [0.2, 0.25) is 0 Å². The third-order valence-corrected chi connectivity index (χ3v) is 1.90. The molecule has 2 nitrogen and oxygen atoms in total. The Morgan fingerprint density at radius 3 is 2.70 bits per heavy atom. The Kier molecular flexibility index (Phi) is 4.58. The smallest absolute Gasteiger partial charge is 0.333 e. The highest BCUT2D eigenvalue weighted by molar-refractivity contribution is 6.14. The molecule has 0 aliphatic carbocycles. The van der Waals surface area contributed by atoms with Gasteiger partial charge in [-0.15, -0.1) is 0 Å². The first-order chi connectivity index (χ1) is 4.72. The quantitative estimate of drug-likeness (QED) is 0.249. The molecule has 56 valence electrons. The van der Waals surface area contributed by atoms with E-state index in [1.165, 1.54) is 6.08 Å². The second-order valence-corrected chi connectivity index (χ2v) is 2.55. The zero-order chi connectivity index (χ0) is 7.98. The monoisotopic (exact) mass is 156 g/mol. The fourth-order valence-corrected chi connectivity index (χ4v) is 0.670. The molecule has 0 fully saturated rings. The number of esters is 1. The SMILES string of the molecule is C=CCOC(=O)C(=C)C[SiH3]. The molecule has 0 atom stereocenters. The van der Waals surface area contributed by atoms with Gasteiger partial charge in [-0.05, 0) is 6.04 Å². The van der Waals surface area contributed by atoms with Crippen molar-refractivity contribution in [2.45, 2.75) is 6.04 Å². The van der Waals surface area contributed by atoms with Crippen LogP contribution < -0.4 is 0 Å². The zero-order valence-corrected chi connectivity index (χ0v) is 8.22. The van der Waals surface area contributed by atoms with Crippen LogP contribution in [-0.2, 0) is 9.53 Å². The van der Waals surface area contributed by atoms with E-state index in [9.17, 15) is 4.79 Å². The van der Waals surface area contributed by atoms with Gasteiger partial charge in [0.1, 0.15) is 6.61 Å². The van der Waals surface area contributed by atoms with Crippen LogP contribution in [0.2, 0.25) is 6.04 Å². The van der Waals surface area contributed by atoms with Crippen LogP contribution in [0.1, 0.15) is 0 Å². The summed E-state index contributed by atoms with van der Waals surface area (Å²) < 4.78 is 4.71. The normalized spacial score (nSPS) is 8.80. The number of ether oxygens (including phenoxy) is 1. The van der Waals surface area contributed by atoms with Crippen molar-refractivity contribution in [1.29, 1.82) is 0 Å². The number of hydrogen-bond donors (Lipinski definition) is 0. The summed E-state index contributed by atoms with van der Waals surface area (Å²) in [5.41, 5.74) is 0.563. The highest BCUT2D eigenvalue weighted by Crippen LogP contribution is 1.97. The van der Waals surface area contributed by atoms with E-state index >= 15 is 0 Å². The Hall–Kier alpha value is -0.833. The lowest BCUT2D eigenvalue weighted by Gasteiger charge is -2.00. The molecule has 0 saturated carbocycles. The van der Waals surface area contributed by atoms with Gasteiger partial charge in [0.25, 0.3) is 0 Å². The van der Waals surface area contributed by atoms with Gasteiger partial charge in [0.05, 0.1) is 0 Å². The maximum absolute atomic E-state index is 10.8. The fourth-order valence-electron chi connectivity index (χ4n) is 0.381. The first kappa shape index (κ1) is 9.17. The summed E-state index contributed by atoms with van der Waals surface area (Å²) in [5, 5.41) is 0. The van der Waals surface area contributed by atoms with Crippen molar-refractivity contribution in [2.75, 3.05) is 6.61 Å². The fraction of sp³-hybridized carbons (Fsp3) is 0.286. The highest BCUT2D eigenvalue weighted by atomic mass is 28.1. The Balaban J connectivity index is 3.62. The predicted octanol–water partition coefficient (Wildman–Crippen LogP) is 0.0555. The summed E-state index contributed by atoms with van der Waals surface area (Å²) in [6, 6.07) is 0.774. The number of carbonyl (C=O) groups is 1. The van der Waals surface area contributed by atoms with Crippen molar-refractivity contribution in [1.82, 2.24) is 0 Å². The van der Waals surface area contributed by atoms with Crippen LogP contribution in [0.15, 0.2) is 24.8 Å². The van der Waals surface area contributed by atoms with Gasteiger partial charge in [-0.3, -0.25) is 0 Å². The van der Waals surface area contributed by atoms with E-state index in [4.69, 9.17) is 4.74 Å². The molecule has 0 N–H and O–H groups in total. The summed E-state index contributed by atoms with van der Waals surface area (Å²) >= 11 is 0. The minimum absolute atomic E-state index is 0.277. The van der Waals surface area contributed by atoms with Crippen molar-refractivity contribution in [3.63, 3.8) is 0 Å². The molecule has 0 heterocycles. The molecular formula is C7H12O2Si. The molecule has 0 aromatic carbocycles. The van der Waals surface area contributed by atoms with E-state index in [-0.39, 0.29) is 12.6 Å². The van der Waals surface area contributed by atoms with Crippen LogP contribution in [0.25, 0.3) is 0 Å². The molecule has 10 heavy (non-hydrogen) atoms.